The van der Waals surface area contributed by atoms with E-state index in [1.54, 1.807) is 7.11 Å². The minimum absolute atomic E-state index is 0.141. The first-order valence-electron chi connectivity index (χ1n) is 10.7. The maximum atomic E-state index is 13.4. The largest absolute Gasteiger partial charge is 0.497 e. The second kappa shape index (κ2) is 9.53. The molecule has 0 radical (unpaired) electrons. The molecule has 0 spiro atoms. The summed E-state index contributed by atoms with van der Waals surface area (Å²) < 4.78 is 5.24. The molecule has 2 amide bonds. The molecule has 166 valence electrons. The molecule has 1 aromatic heterocycles. The van der Waals surface area contributed by atoms with Gasteiger partial charge in [-0.2, -0.15) is 0 Å². The Hall–Kier alpha value is -4.19. The molecular weight excluding hydrogens is 414 g/mol. The van der Waals surface area contributed by atoms with Gasteiger partial charge in [-0.05, 0) is 61.0 Å². The van der Waals surface area contributed by atoms with Crippen molar-refractivity contribution in [3.05, 3.63) is 90.0 Å². The number of nitrogens with one attached hydrogen (secondary N) is 2. The third kappa shape index (κ3) is 5.01. The summed E-state index contributed by atoms with van der Waals surface area (Å²) in [5.41, 5.74) is 4.49. The van der Waals surface area contributed by atoms with Crippen molar-refractivity contribution in [3.63, 3.8) is 0 Å². The van der Waals surface area contributed by atoms with Crippen LogP contribution in [0.5, 0.6) is 5.75 Å². The third-order valence-electron chi connectivity index (χ3n) is 5.40. The first-order chi connectivity index (χ1) is 15.9. The molecule has 3 aromatic carbocycles. The van der Waals surface area contributed by atoms with Crippen LogP contribution in [0.3, 0.4) is 0 Å². The third-order valence-corrected chi connectivity index (χ3v) is 5.40. The lowest BCUT2D eigenvalue weighted by atomic mass is 10.0. The Morgan fingerprint density at radius 2 is 1.70 bits per heavy atom. The van der Waals surface area contributed by atoms with Gasteiger partial charge in [0, 0.05) is 23.6 Å². The van der Waals surface area contributed by atoms with Crippen molar-refractivity contribution in [1.29, 1.82) is 0 Å². The first-order valence-corrected chi connectivity index (χ1v) is 10.7. The number of hydrogen-bond donors (Lipinski definition) is 2. The Morgan fingerprint density at radius 3 is 2.42 bits per heavy atom. The number of nitrogens with zero attached hydrogens (tertiary/aromatic N) is 1. The van der Waals surface area contributed by atoms with Gasteiger partial charge >= 0.3 is 0 Å². The molecular formula is C27H25N3O3. The number of aromatic nitrogens is 1. The second-order valence-electron chi connectivity index (χ2n) is 7.80. The van der Waals surface area contributed by atoms with E-state index in [1.807, 2.05) is 85.8 Å². The Kier molecular flexibility index (Phi) is 6.36. The summed E-state index contributed by atoms with van der Waals surface area (Å²) in [5, 5.41) is 6.64. The average molecular weight is 440 g/mol. The lowest BCUT2D eigenvalue weighted by Gasteiger charge is -2.17. The Bertz CT molecular complexity index is 1320. The van der Waals surface area contributed by atoms with Crippen molar-refractivity contribution >= 4 is 28.4 Å². The van der Waals surface area contributed by atoms with E-state index in [4.69, 9.17) is 9.72 Å². The molecule has 0 aliphatic heterocycles. The summed E-state index contributed by atoms with van der Waals surface area (Å²) in [7, 11) is 1.62. The van der Waals surface area contributed by atoms with E-state index in [1.165, 1.54) is 6.92 Å². The predicted octanol–water partition coefficient (Wildman–Crippen LogP) is 5.36. The number of ether oxygens (including phenoxy) is 1. The van der Waals surface area contributed by atoms with Gasteiger partial charge in [0.25, 0.3) is 5.91 Å². The molecule has 0 aliphatic rings. The molecule has 33 heavy (non-hydrogen) atoms. The average Bonchev–Trinajstić information content (AvgIpc) is 2.83. The fraction of sp³-hybridized carbons (Fsp3) is 0.148. The first kappa shape index (κ1) is 22.0. The molecule has 6 heteroatoms. The van der Waals surface area contributed by atoms with Crippen molar-refractivity contribution in [3.8, 4) is 17.0 Å². The number of rotatable bonds is 6. The van der Waals surface area contributed by atoms with Gasteiger partial charge in [-0.3, -0.25) is 9.59 Å². The summed E-state index contributed by atoms with van der Waals surface area (Å²) in [4.78, 5) is 29.5. The zero-order valence-electron chi connectivity index (χ0n) is 18.8. The van der Waals surface area contributed by atoms with Crippen LogP contribution in [0.2, 0.25) is 0 Å². The molecule has 0 saturated carbocycles. The van der Waals surface area contributed by atoms with Crippen LogP contribution in [0, 0.1) is 0 Å². The van der Waals surface area contributed by atoms with E-state index >= 15 is 0 Å². The number of methoxy groups -OCH3 is 1. The number of fused-ring (bicyclic) bond motifs is 1. The predicted molar refractivity (Wildman–Crippen MR) is 130 cm³/mol. The standard InChI is InChI=1S/C27H25N3O3/c1-17(20-7-6-8-21(15-20)29-18(2)31)28-27(32)24-16-26(19-11-13-22(33-3)14-12-19)30-25-10-5-4-9-23(24)25/h4-17H,1-3H3,(H,28,32)(H,29,31). The summed E-state index contributed by atoms with van der Waals surface area (Å²) >= 11 is 0. The smallest absolute Gasteiger partial charge is 0.252 e. The summed E-state index contributed by atoms with van der Waals surface area (Å²) in [6.45, 7) is 3.38. The summed E-state index contributed by atoms with van der Waals surface area (Å²) in [6, 6.07) is 24.2. The van der Waals surface area contributed by atoms with E-state index in [-0.39, 0.29) is 17.9 Å². The van der Waals surface area contributed by atoms with Gasteiger partial charge in [0.05, 0.1) is 29.9 Å². The molecule has 1 unspecified atom stereocenters. The minimum Gasteiger partial charge on any atom is -0.497 e. The van der Waals surface area contributed by atoms with E-state index in [2.05, 4.69) is 10.6 Å². The van der Waals surface area contributed by atoms with Crippen LogP contribution in [0.1, 0.15) is 35.8 Å². The maximum absolute atomic E-state index is 13.4. The topological polar surface area (TPSA) is 80.3 Å². The molecule has 0 fully saturated rings. The Balaban J connectivity index is 1.66. The van der Waals surface area contributed by atoms with E-state index in [0.29, 0.717) is 16.9 Å². The molecule has 4 aromatic rings. The number of para-hydroxylation sites is 1. The van der Waals surface area contributed by atoms with Gasteiger partial charge in [0.1, 0.15) is 5.75 Å². The van der Waals surface area contributed by atoms with Crippen LogP contribution >= 0.6 is 0 Å². The lowest BCUT2D eigenvalue weighted by Crippen LogP contribution is -2.27. The summed E-state index contributed by atoms with van der Waals surface area (Å²) in [6.07, 6.45) is 0. The number of benzene rings is 3. The summed E-state index contributed by atoms with van der Waals surface area (Å²) in [5.74, 6) is 0.423. The molecule has 4 rings (SSSR count). The normalized spacial score (nSPS) is 11.6. The Morgan fingerprint density at radius 1 is 0.939 bits per heavy atom. The minimum atomic E-state index is -0.262. The number of anilines is 1. The van der Waals surface area contributed by atoms with Crippen molar-refractivity contribution in [1.82, 2.24) is 10.3 Å². The van der Waals surface area contributed by atoms with Crippen LogP contribution in [0.25, 0.3) is 22.2 Å². The van der Waals surface area contributed by atoms with Gasteiger partial charge in [-0.1, -0.05) is 30.3 Å². The van der Waals surface area contributed by atoms with Crippen molar-refractivity contribution in [2.45, 2.75) is 19.9 Å². The van der Waals surface area contributed by atoms with Crippen LogP contribution in [0.15, 0.2) is 78.9 Å². The van der Waals surface area contributed by atoms with Crippen LogP contribution in [-0.4, -0.2) is 23.9 Å². The molecule has 6 nitrogen and oxygen atoms in total. The van der Waals surface area contributed by atoms with Crippen LogP contribution in [-0.2, 0) is 4.79 Å². The number of pyridine rings is 1. The highest BCUT2D eigenvalue weighted by Crippen LogP contribution is 2.27. The van der Waals surface area contributed by atoms with E-state index in [9.17, 15) is 9.59 Å². The number of hydrogen-bond acceptors (Lipinski definition) is 4. The monoisotopic (exact) mass is 439 g/mol. The van der Waals surface area contributed by atoms with Gasteiger partial charge in [-0.25, -0.2) is 4.98 Å². The molecule has 0 saturated heterocycles. The van der Waals surface area contributed by atoms with E-state index in [0.717, 1.165) is 27.8 Å². The molecule has 0 bridgehead atoms. The van der Waals surface area contributed by atoms with Crippen LogP contribution < -0.4 is 15.4 Å². The number of amides is 2. The fourth-order valence-corrected chi connectivity index (χ4v) is 3.72. The lowest BCUT2D eigenvalue weighted by molar-refractivity contribution is -0.114. The quantitative estimate of drug-likeness (QED) is 0.424. The molecule has 1 heterocycles. The molecule has 2 N–H and O–H groups in total. The van der Waals surface area contributed by atoms with Gasteiger partial charge in [0.2, 0.25) is 5.91 Å². The van der Waals surface area contributed by atoms with E-state index < -0.39 is 0 Å². The highest BCUT2D eigenvalue weighted by Gasteiger charge is 2.17. The van der Waals surface area contributed by atoms with Crippen molar-refractivity contribution in [2.24, 2.45) is 0 Å². The second-order valence-corrected chi connectivity index (χ2v) is 7.80. The highest BCUT2D eigenvalue weighted by atomic mass is 16.5. The van der Waals surface area contributed by atoms with Gasteiger partial charge in [-0.15, -0.1) is 0 Å². The Labute approximate surface area is 192 Å². The number of carbonyl (C=O) groups excluding carboxylic acids is 2. The maximum Gasteiger partial charge on any atom is 0.252 e. The van der Waals surface area contributed by atoms with Crippen LogP contribution in [0.4, 0.5) is 5.69 Å². The molecule has 0 aliphatic carbocycles. The van der Waals surface area contributed by atoms with Gasteiger partial charge < -0.3 is 15.4 Å². The van der Waals surface area contributed by atoms with Crippen molar-refractivity contribution in [2.75, 3.05) is 12.4 Å². The fourth-order valence-electron chi connectivity index (χ4n) is 3.72. The highest BCUT2D eigenvalue weighted by molar-refractivity contribution is 6.07. The molecule has 1 atom stereocenters. The van der Waals surface area contributed by atoms with Gasteiger partial charge in [0.15, 0.2) is 0 Å². The van der Waals surface area contributed by atoms with Crippen molar-refractivity contribution < 1.29 is 14.3 Å². The zero-order chi connectivity index (χ0) is 23.4. The zero-order valence-corrected chi connectivity index (χ0v) is 18.8. The SMILES string of the molecule is COc1ccc(-c2cc(C(=O)NC(C)c3cccc(NC(C)=O)c3)c3ccccc3n2)cc1. The number of carbonyl (C=O) groups is 2.